The summed E-state index contributed by atoms with van der Waals surface area (Å²) in [4.78, 5) is 0. The van der Waals surface area contributed by atoms with Crippen LogP contribution in [0.3, 0.4) is 0 Å². The standard InChI is InChI=1S/C58H68N2O2/c1-3-5-7-9-11-13-15-17-19-25-41-61-57-40-37-49(44-58(57)62-42-26-20-18-16-14-12-10-8-6-4-2)36-39-56-53-29-23-21-27-51(53)55(52-28-22-24-30-54(52)56)38-35-47-31-33-48(34-32-47)43-50(45-59)46-60/h21-24,27-34,37,40,44,50H,3-20,25-26,41-43H2,1-2H3. The van der Waals surface area contributed by atoms with Crippen LogP contribution in [0.15, 0.2) is 91.0 Å². The van der Waals surface area contributed by atoms with Gasteiger partial charge in [0, 0.05) is 28.7 Å². The predicted molar refractivity (Wildman–Crippen MR) is 259 cm³/mol. The Labute approximate surface area is 374 Å². The highest BCUT2D eigenvalue weighted by atomic mass is 16.5. The van der Waals surface area contributed by atoms with Crippen LogP contribution in [0.4, 0.5) is 0 Å². The lowest BCUT2D eigenvalue weighted by Gasteiger charge is -2.14. The molecule has 322 valence electrons. The molecular weight excluding hydrogens is 757 g/mol. The van der Waals surface area contributed by atoms with Crippen molar-refractivity contribution >= 4 is 21.5 Å². The number of hydrogen-bond acceptors (Lipinski definition) is 4. The highest BCUT2D eigenvalue weighted by Gasteiger charge is 2.13. The molecular formula is C58H68N2O2. The van der Waals surface area contributed by atoms with Gasteiger partial charge in [-0.15, -0.1) is 0 Å². The number of nitrogens with zero attached hydrogens (tertiary/aromatic N) is 2. The van der Waals surface area contributed by atoms with Gasteiger partial charge in [0.05, 0.1) is 25.4 Å². The van der Waals surface area contributed by atoms with E-state index >= 15 is 0 Å². The number of hydrogen-bond donors (Lipinski definition) is 0. The molecule has 4 heteroatoms. The van der Waals surface area contributed by atoms with E-state index in [1.165, 1.54) is 116 Å². The topological polar surface area (TPSA) is 66.0 Å². The second-order valence-electron chi connectivity index (χ2n) is 16.8. The molecule has 0 spiro atoms. The molecule has 0 aliphatic heterocycles. The van der Waals surface area contributed by atoms with Crippen LogP contribution in [0, 0.1) is 52.3 Å². The van der Waals surface area contributed by atoms with Crippen LogP contribution in [0.5, 0.6) is 11.5 Å². The van der Waals surface area contributed by atoms with Gasteiger partial charge in [-0.3, -0.25) is 0 Å². The summed E-state index contributed by atoms with van der Waals surface area (Å²) >= 11 is 0. The molecule has 0 unspecified atom stereocenters. The van der Waals surface area contributed by atoms with Gasteiger partial charge in [0.15, 0.2) is 11.5 Å². The molecule has 0 saturated heterocycles. The van der Waals surface area contributed by atoms with Crippen molar-refractivity contribution < 1.29 is 9.47 Å². The summed E-state index contributed by atoms with van der Waals surface area (Å²) in [5.41, 5.74) is 4.65. The number of rotatable bonds is 26. The fourth-order valence-corrected chi connectivity index (χ4v) is 8.11. The zero-order valence-corrected chi connectivity index (χ0v) is 37.7. The number of nitriles is 2. The Bertz CT molecular complexity index is 2250. The van der Waals surface area contributed by atoms with Crippen molar-refractivity contribution in [2.75, 3.05) is 13.2 Å². The summed E-state index contributed by atoms with van der Waals surface area (Å²) in [5.74, 6) is 14.9. The van der Waals surface area contributed by atoms with Gasteiger partial charge in [-0.1, -0.05) is 214 Å². The van der Waals surface area contributed by atoms with E-state index < -0.39 is 5.92 Å². The molecule has 0 heterocycles. The third-order valence-corrected chi connectivity index (χ3v) is 11.8. The third kappa shape index (κ3) is 15.7. The van der Waals surface area contributed by atoms with Crippen LogP contribution in [0.1, 0.15) is 170 Å². The zero-order chi connectivity index (χ0) is 43.5. The lowest BCUT2D eigenvalue weighted by Crippen LogP contribution is -2.03. The Kier molecular flexibility index (Phi) is 21.4. The molecule has 62 heavy (non-hydrogen) atoms. The Morgan fingerprint density at radius 1 is 0.419 bits per heavy atom. The van der Waals surface area contributed by atoms with Crippen molar-refractivity contribution in [3.05, 3.63) is 119 Å². The molecule has 0 amide bonds. The van der Waals surface area contributed by atoms with E-state index in [9.17, 15) is 10.5 Å². The number of unbranched alkanes of at least 4 members (excludes halogenated alkanes) is 18. The van der Waals surface area contributed by atoms with E-state index in [0.717, 1.165) is 73.7 Å². The molecule has 0 N–H and O–H groups in total. The summed E-state index contributed by atoms with van der Waals surface area (Å²) in [5, 5.41) is 22.6. The maximum Gasteiger partial charge on any atom is 0.162 e. The third-order valence-electron chi connectivity index (χ3n) is 11.8. The Balaban J connectivity index is 1.31. The smallest absolute Gasteiger partial charge is 0.162 e. The average molecular weight is 825 g/mol. The van der Waals surface area contributed by atoms with Crippen molar-refractivity contribution in [2.24, 2.45) is 5.92 Å². The van der Waals surface area contributed by atoms with E-state index in [1.807, 2.05) is 30.3 Å². The van der Waals surface area contributed by atoms with Gasteiger partial charge in [-0.05, 0) is 70.3 Å². The van der Waals surface area contributed by atoms with Crippen molar-refractivity contribution in [1.29, 1.82) is 10.5 Å². The average Bonchev–Trinajstić information content (AvgIpc) is 3.31. The fourth-order valence-electron chi connectivity index (χ4n) is 8.11. The highest BCUT2D eigenvalue weighted by Crippen LogP contribution is 2.33. The van der Waals surface area contributed by atoms with E-state index in [2.05, 4.69) is 110 Å². The molecule has 4 nitrogen and oxygen atoms in total. The van der Waals surface area contributed by atoms with Gasteiger partial charge in [-0.2, -0.15) is 10.5 Å². The maximum atomic E-state index is 9.20. The largest absolute Gasteiger partial charge is 0.490 e. The molecule has 5 rings (SSSR count). The molecule has 0 fully saturated rings. The zero-order valence-electron chi connectivity index (χ0n) is 37.7. The van der Waals surface area contributed by atoms with E-state index in [0.29, 0.717) is 19.6 Å². The first-order valence-corrected chi connectivity index (χ1v) is 23.9. The van der Waals surface area contributed by atoms with Crippen LogP contribution in [0.25, 0.3) is 21.5 Å². The lowest BCUT2D eigenvalue weighted by atomic mass is 9.91. The van der Waals surface area contributed by atoms with Crippen LogP contribution in [0.2, 0.25) is 0 Å². The Hall–Kier alpha value is -5.68. The van der Waals surface area contributed by atoms with Crippen molar-refractivity contribution in [2.45, 2.75) is 149 Å². The molecule has 0 bridgehead atoms. The van der Waals surface area contributed by atoms with Crippen molar-refractivity contribution in [3.8, 4) is 47.3 Å². The first-order valence-electron chi connectivity index (χ1n) is 23.9. The van der Waals surface area contributed by atoms with Crippen LogP contribution in [-0.4, -0.2) is 13.2 Å². The fraction of sp³-hybridized carbons (Fsp3) is 0.448. The Morgan fingerprint density at radius 3 is 1.24 bits per heavy atom. The first-order chi connectivity index (χ1) is 30.6. The molecule has 0 aliphatic carbocycles. The minimum atomic E-state index is -0.654. The number of ether oxygens (including phenoxy) is 2. The van der Waals surface area contributed by atoms with Crippen molar-refractivity contribution in [3.63, 3.8) is 0 Å². The Morgan fingerprint density at radius 2 is 0.806 bits per heavy atom. The van der Waals surface area contributed by atoms with Gasteiger partial charge in [0.1, 0.15) is 5.92 Å². The number of benzene rings is 5. The molecule has 0 atom stereocenters. The van der Waals surface area contributed by atoms with Gasteiger partial charge in [0.2, 0.25) is 0 Å². The molecule has 0 aliphatic rings. The first kappa shape index (κ1) is 47.4. The van der Waals surface area contributed by atoms with Gasteiger partial charge < -0.3 is 9.47 Å². The predicted octanol–water partition coefficient (Wildman–Crippen LogP) is 15.6. The minimum absolute atomic E-state index is 0.406. The van der Waals surface area contributed by atoms with E-state index in [4.69, 9.17) is 9.47 Å². The molecule has 0 saturated carbocycles. The minimum Gasteiger partial charge on any atom is -0.490 e. The quantitative estimate of drug-likeness (QED) is 0.0316. The summed E-state index contributed by atoms with van der Waals surface area (Å²) < 4.78 is 12.9. The normalized spacial score (nSPS) is 10.8. The summed E-state index contributed by atoms with van der Waals surface area (Å²) in [6.45, 7) is 5.92. The molecule has 5 aromatic rings. The van der Waals surface area contributed by atoms with E-state index in [-0.39, 0.29) is 0 Å². The second kappa shape index (κ2) is 28.0. The maximum absolute atomic E-state index is 9.20. The lowest BCUT2D eigenvalue weighted by molar-refractivity contribution is 0.258. The van der Waals surface area contributed by atoms with Gasteiger partial charge >= 0.3 is 0 Å². The molecule has 5 aromatic carbocycles. The summed E-state index contributed by atoms with van der Waals surface area (Å²) in [7, 11) is 0. The highest BCUT2D eigenvalue weighted by molar-refractivity contribution is 6.09. The molecule has 0 aromatic heterocycles. The SMILES string of the molecule is CCCCCCCCCCCCOc1ccc(C#Cc2c3ccccc3c(C#Cc3ccc(CC(C#N)C#N)cc3)c3ccccc23)cc1OCCCCCCCCCCCC. The summed E-state index contributed by atoms with van der Waals surface area (Å²) in [6, 6.07) is 34.9. The monoisotopic (exact) mass is 825 g/mol. The van der Waals surface area contributed by atoms with Gasteiger partial charge in [0.25, 0.3) is 0 Å². The second-order valence-corrected chi connectivity index (χ2v) is 16.8. The van der Waals surface area contributed by atoms with Gasteiger partial charge in [-0.25, -0.2) is 0 Å². The van der Waals surface area contributed by atoms with Crippen LogP contribution in [-0.2, 0) is 6.42 Å². The van der Waals surface area contributed by atoms with Crippen LogP contribution < -0.4 is 9.47 Å². The molecule has 0 radical (unpaired) electrons. The van der Waals surface area contributed by atoms with E-state index in [1.54, 1.807) is 0 Å². The van der Waals surface area contributed by atoms with Crippen LogP contribution >= 0.6 is 0 Å². The number of fused-ring (bicyclic) bond motifs is 2. The summed E-state index contributed by atoms with van der Waals surface area (Å²) in [6.07, 6.45) is 26.3. The van der Waals surface area contributed by atoms with Crippen molar-refractivity contribution in [1.82, 2.24) is 0 Å².